The van der Waals surface area contributed by atoms with Gasteiger partial charge in [0.15, 0.2) is 0 Å². The fraction of sp³-hybridized carbons (Fsp3) is 0.706. The maximum Gasteiger partial charge on any atom is 0.253 e. The number of carbonyl (C=O) groups excluding carboxylic acids is 2. The number of ether oxygens (including phenoxy) is 1. The fourth-order valence-electron chi connectivity index (χ4n) is 3.37. The molecule has 3 heterocycles. The van der Waals surface area contributed by atoms with E-state index in [0.29, 0.717) is 50.5 Å². The average molecular weight is 400 g/mol. The molecule has 3 rings (SSSR count). The minimum Gasteiger partial charge on any atom is -0.371 e. The van der Waals surface area contributed by atoms with Gasteiger partial charge in [-0.2, -0.15) is 4.36 Å². The number of aryl methyl sites for hydroxylation is 1. The molecule has 0 aliphatic carbocycles. The number of rotatable bonds is 3. The van der Waals surface area contributed by atoms with Gasteiger partial charge in [0.05, 0.1) is 33.4 Å². The van der Waals surface area contributed by atoms with E-state index < -0.39 is 15.3 Å². The Morgan fingerprint density at radius 2 is 2.15 bits per heavy atom. The van der Waals surface area contributed by atoms with Gasteiger partial charge in [-0.15, -0.1) is 11.3 Å². The highest BCUT2D eigenvalue weighted by atomic mass is 32.2. The summed E-state index contributed by atoms with van der Waals surface area (Å²) in [7, 11) is -2.48. The number of nitrogens with zero attached hydrogens (tertiary/aromatic N) is 3. The van der Waals surface area contributed by atoms with E-state index in [1.54, 1.807) is 24.5 Å². The van der Waals surface area contributed by atoms with Gasteiger partial charge in [-0.25, -0.2) is 9.19 Å². The molecule has 0 saturated carbocycles. The molecular formula is C17H25N3O4S2. The molecule has 2 amide bonds. The van der Waals surface area contributed by atoms with Crippen LogP contribution in [0.1, 0.15) is 36.1 Å². The Hall–Kier alpha value is -1.32. The predicted molar refractivity (Wildman–Crippen MR) is 101 cm³/mol. The van der Waals surface area contributed by atoms with Gasteiger partial charge >= 0.3 is 0 Å². The maximum atomic E-state index is 12.7. The Balaban J connectivity index is 1.63. The fourth-order valence-corrected chi connectivity index (χ4v) is 6.42. The molecule has 144 valence electrons. The van der Waals surface area contributed by atoms with Gasteiger partial charge in [0.1, 0.15) is 0 Å². The number of carbonyl (C=O) groups is 2. The Morgan fingerprint density at radius 3 is 2.77 bits per heavy atom. The number of thiazole rings is 1. The smallest absolute Gasteiger partial charge is 0.253 e. The van der Waals surface area contributed by atoms with Crippen LogP contribution in [0.2, 0.25) is 0 Å². The van der Waals surface area contributed by atoms with Crippen molar-refractivity contribution < 1.29 is 18.5 Å². The largest absolute Gasteiger partial charge is 0.371 e. The summed E-state index contributed by atoms with van der Waals surface area (Å²) in [5, 5.41) is 0.957. The molecule has 0 bridgehead atoms. The van der Waals surface area contributed by atoms with E-state index in [1.165, 1.54) is 0 Å². The second-order valence-corrected chi connectivity index (χ2v) is 10.8. The second-order valence-electron chi connectivity index (χ2n) is 6.89. The van der Waals surface area contributed by atoms with Gasteiger partial charge in [0, 0.05) is 42.1 Å². The van der Waals surface area contributed by atoms with E-state index in [9.17, 15) is 13.8 Å². The van der Waals surface area contributed by atoms with Crippen molar-refractivity contribution in [3.63, 3.8) is 0 Å². The molecule has 26 heavy (non-hydrogen) atoms. The highest BCUT2D eigenvalue weighted by Gasteiger charge is 2.42. The lowest BCUT2D eigenvalue weighted by molar-refractivity contribution is -0.151. The van der Waals surface area contributed by atoms with Crippen molar-refractivity contribution in [2.75, 3.05) is 31.2 Å². The van der Waals surface area contributed by atoms with Crippen LogP contribution in [0.4, 0.5) is 0 Å². The Kier molecular flexibility index (Phi) is 5.78. The molecule has 0 radical (unpaired) electrons. The van der Waals surface area contributed by atoms with Gasteiger partial charge < -0.3 is 9.64 Å². The summed E-state index contributed by atoms with van der Waals surface area (Å²) in [4.78, 5) is 31.2. The van der Waals surface area contributed by atoms with Gasteiger partial charge in [-0.3, -0.25) is 9.59 Å². The standard InChI is InChI=1S/C17H25N3O4S2/c1-3-15(21)19-26(23)8-4-17(5-9-26)12-20(6-7-24-17)16(22)10-14-11-18-13(2)25-14/h11H,3-10,12H2,1-2H3. The quantitative estimate of drug-likeness (QED) is 0.773. The van der Waals surface area contributed by atoms with Gasteiger partial charge in [-0.1, -0.05) is 6.92 Å². The molecule has 2 aliphatic rings. The van der Waals surface area contributed by atoms with Crippen LogP contribution in [0.3, 0.4) is 0 Å². The summed E-state index contributed by atoms with van der Waals surface area (Å²) in [6.07, 6.45) is 3.53. The molecule has 2 saturated heterocycles. The minimum absolute atomic E-state index is 0.0773. The summed E-state index contributed by atoms with van der Waals surface area (Å²) in [5.41, 5.74) is -0.455. The molecule has 0 N–H and O–H groups in total. The summed E-state index contributed by atoms with van der Waals surface area (Å²) in [5.74, 6) is 0.490. The molecule has 0 unspecified atom stereocenters. The van der Waals surface area contributed by atoms with Crippen LogP contribution in [-0.2, 0) is 30.5 Å². The molecule has 1 aromatic heterocycles. The zero-order chi connectivity index (χ0) is 18.8. The molecule has 7 nitrogen and oxygen atoms in total. The monoisotopic (exact) mass is 399 g/mol. The summed E-state index contributed by atoms with van der Waals surface area (Å²) < 4.78 is 22.7. The first kappa shape index (κ1) is 19.4. The van der Waals surface area contributed by atoms with E-state index >= 15 is 0 Å². The summed E-state index contributed by atoms with van der Waals surface area (Å²) >= 11 is 1.54. The molecule has 1 spiro atoms. The van der Waals surface area contributed by atoms with Crippen molar-refractivity contribution in [3.8, 4) is 0 Å². The summed E-state index contributed by atoms with van der Waals surface area (Å²) in [6.45, 7) is 5.22. The van der Waals surface area contributed by atoms with Crippen molar-refractivity contribution in [2.45, 2.75) is 45.1 Å². The van der Waals surface area contributed by atoms with Crippen molar-refractivity contribution in [2.24, 2.45) is 4.36 Å². The van der Waals surface area contributed by atoms with Crippen molar-refractivity contribution in [3.05, 3.63) is 16.1 Å². The molecule has 9 heteroatoms. The molecule has 2 aliphatic heterocycles. The van der Waals surface area contributed by atoms with Gasteiger partial charge in [-0.05, 0) is 19.8 Å². The van der Waals surface area contributed by atoms with Crippen LogP contribution < -0.4 is 0 Å². The number of hydrogen-bond donors (Lipinski definition) is 0. The molecule has 0 atom stereocenters. The second kappa shape index (κ2) is 7.74. The van der Waals surface area contributed by atoms with Crippen molar-refractivity contribution in [1.29, 1.82) is 0 Å². The predicted octanol–water partition coefficient (Wildman–Crippen LogP) is 1.79. The highest BCUT2D eigenvalue weighted by molar-refractivity contribution is 7.93. The lowest BCUT2D eigenvalue weighted by atomic mass is 9.94. The van der Waals surface area contributed by atoms with Crippen LogP contribution in [0.25, 0.3) is 0 Å². The van der Waals surface area contributed by atoms with E-state index in [0.717, 1.165) is 9.88 Å². The Bertz CT molecular complexity index is 797. The number of amides is 2. The number of morpholine rings is 1. The van der Waals surface area contributed by atoms with Crippen molar-refractivity contribution >= 4 is 32.9 Å². The maximum absolute atomic E-state index is 12.7. The first-order valence-corrected chi connectivity index (χ1v) is 11.6. The van der Waals surface area contributed by atoms with Crippen LogP contribution >= 0.6 is 11.3 Å². The third kappa shape index (κ3) is 4.50. The van der Waals surface area contributed by atoms with Crippen LogP contribution in [0.5, 0.6) is 0 Å². The molecular weight excluding hydrogens is 374 g/mol. The summed E-state index contributed by atoms with van der Waals surface area (Å²) in [6, 6.07) is 0. The first-order chi connectivity index (χ1) is 12.3. The van der Waals surface area contributed by atoms with Crippen LogP contribution in [0.15, 0.2) is 10.6 Å². The van der Waals surface area contributed by atoms with Crippen molar-refractivity contribution in [1.82, 2.24) is 9.88 Å². The van der Waals surface area contributed by atoms with Crippen LogP contribution in [0, 0.1) is 6.92 Å². The highest BCUT2D eigenvalue weighted by Crippen LogP contribution is 2.32. The van der Waals surface area contributed by atoms with E-state index in [-0.39, 0.29) is 18.2 Å². The minimum atomic E-state index is -2.48. The first-order valence-electron chi connectivity index (χ1n) is 8.91. The molecule has 0 aromatic carbocycles. The lowest BCUT2D eigenvalue weighted by Gasteiger charge is -2.45. The number of hydrogen-bond acceptors (Lipinski definition) is 6. The Morgan fingerprint density at radius 1 is 1.42 bits per heavy atom. The normalized spacial score (nSPS) is 28.9. The zero-order valence-electron chi connectivity index (χ0n) is 15.2. The van der Waals surface area contributed by atoms with E-state index in [4.69, 9.17) is 4.74 Å². The van der Waals surface area contributed by atoms with Gasteiger partial charge in [0.25, 0.3) is 5.91 Å². The van der Waals surface area contributed by atoms with E-state index in [1.807, 2.05) is 11.8 Å². The third-order valence-corrected chi connectivity index (χ3v) is 8.05. The SMILES string of the molecule is CCC(=O)N=S1(=O)CCC2(CC1)CN(C(=O)Cc1cnc(C)s1)CCO2. The Labute approximate surface area is 158 Å². The van der Waals surface area contributed by atoms with Crippen LogP contribution in [-0.4, -0.2) is 62.7 Å². The van der Waals surface area contributed by atoms with Gasteiger partial charge in [0.2, 0.25) is 5.91 Å². The topological polar surface area (TPSA) is 88.9 Å². The lowest BCUT2D eigenvalue weighted by Crippen LogP contribution is -2.56. The van der Waals surface area contributed by atoms with E-state index in [2.05, 4.69) is 9.35 Å². The molecule has 2 fully saturated rings. The average Bonchev–Trinajstić information content (AvgIpc) is 3.03. The third-order valence-electron chi connectivity index (χ3n) is 4.92. The zero-order valence-corrected chi connectivity index (χ0v) is 16.9. The molecule has 1 aromatic rings. The number of aromatic nitrogens is 1.